The molecule has 2 atom stereocenters. The molecule has 1 aromatic rings. The van der Waals surface area contributed by atoms with Gasteiger partial charge in [-0.25, -0.2) is 4.79 Å². The summed E-state index contributed by atoms with van der Waals surface area (Å²) in [6.07, 6.45) is 1.16. The Balaban J connectivity index is 2.59. The van der Waals surface area contributed by atoms with Gasteiger partial charge in [0, 0.05) is 6.20 Å². The van der Waals surface area contributed by atoms with Crippen molar-refractivity contribution in [3.8, 4) is 0 Å². The third-order valence-corrected chi connectivity index (χ3v) is 2.94. The zero-order valence-electron chi connectivity index (χ0n) is 11.1. The van der Waals surface area contributed by atoms with Gasteiger partial charge in [-0.3, -0.25) is 9.78 Å². The van der Waals surface area contributed by atoms with Crippen molar-refractivity contribution in [1.82, 2.24) is 15.6 Å². The number of nitrogens with one attached hydrogen (secondary N) is 2. The molecule has 0 fully saturated rings. The lowest BCUT2D eigenvalue weighted by Crippen LogP contribution is -2.49. The number of hydrogen-bond acceptors (Lipinski definition) is 3. The van der Waals surface area contributed by atoms with Gasteiger partial charge < -0.3 is 15.7 Å². The molecule has 0 bridgehead atoms. The van der Waals surface area contributed by atoms with Gasteiger partial charge in [-0.2, -0.15) is 0 Å². The fourth-order valence-electron chi connectivity index (χ4n) is 1.63. The van der Waals surface area contributed by atoms with Gasteiger partial charge >= 0.3 is 6.09 Å². The molecule has 0 saturated heterocycles. The lowest BCUT2D eigenvalue weighted by molar-refractivity contribution is -0.124. The quantitative estimate of drug-likeness (QED) is 0.724. The Morgan fingerprint density at radius 1 is 1.42 bits per heavy atom. The highest BCUT2D eigenvalue weighted by atomic mass is 16.4. The van der Waals surface area contributed by atoms with Crippen molar-refractivity contribution >= 4 is 12.0 Å². The largest absolute Gasteiger partial charge is 0.465 e. The first-order valence-corrected chi connectivity index (χ1v) is 6.21. The molecule has 0 spiro atoms. The molecule has 2 amide bonds. The maximum Gasteiger partial charge on any atom is 0.405 e. The van der Waals surface area contributed by atoms with Crippen molar-refractivity contribution in [3.63, 3.8) is 0 Å². The summed E-state index contributed by atoms with van der Waals surface area (Å²) in [7, 11) is 0. The van der Waals surface area contributed by atoms with E-state index in [0.717, 1.165) is 5.69 Å². The van der Waals surface area contributed by atoms with E-state index < -0.39 is 12.1 Å². The highest BCUT2D eigenvalue weighted by Crippen LogP contribution is 2.08. The molecule has 3 N–H and O–H groups in total. The number of carboxylic acid groups (broad SMARTS) is 1. The van der Waals surface area contributed by atoms with Crippen molar-refractivity contribution in [3.05, 3.63) is 30.1 Å². The molecule has 2 unspecified atom stereocenters. The van der Waals surface area contributed by atoms with Gasteiger partial charge in [-0.05, 0) is 18.1 Å². The lowest BCUT2D eigenvalue weighted by Gasteiger charge is -2.21. The molecule has 1 rings (SSSR count). The summed E-state index contributed by atoms with van der Waals surface area (Å²) < 4.78 is 0. The summed E-state index contributed by atoms with van der Waals surface area (Å²) in [5.74, 6) is -0.401. The first kappa shape index (κ1) is 14.9. The van der Waals surface area contributed by atoms with E-state index in [-0.39, 0.29) is 18.4 Å². The number of nitrogens with zero attached hydrogens (tertiary/aromatic N) is 1. The molecule has 0 aliphatic heterocycles. The fourth-order valence-corrected chi connectivity index (χ4v) is 1.63. The van der Waals surface area contributed by atoms with Gasteiger partial charge in [0.05, 0.1) is 12.2 Å². The molecule has 0 radical (unpaired) electrons. The third kappa shape index (κ3) is 4.95. The maximum absolute atomic E-state index is 12.0. The smallest absolute Gasteiger partial charge is 0.405 e. The normalized spacial score (nSPS) is 13.4. The van der Waals surface area contributed by atoms with Crippen molar-refractivity contribution in [2.45, 2.75) is 32.9 Å². The molecule has 0 aliphatic rings. The zero-order chi connectivity index (χ0) is 14.3. The fraction of sp³-hybridized carbons (Fsp3) is 0.462. The highest BCUT2D eigenvalue weighted by Gasteiger charge is 2.25. The Labute approximate surface area is 112 Å². The average molecular weight is 265 g/mol. The minimum Gasteiger partial charge on any atom is -0.465 e. The van der Waals surface area contributed by atoms with E-state index in [9.17, 15) is 9.59 Å². The molecule has 19 heavy (non-hydrogen) atoms. The van der Waals surface area contributed by atoms with E-state index >= 15 is 0 Å². The van der Waals surface area contributed by atoms with Crippen LogP contribution in [0.15, 0.2) is 24.4 Å². The maximum atomic E-state index is 12.0. The van der Waals surface area contributed by atoms with Crippen LogP contribution in [0.5, 0.6) is 0 Å². The van der Waals surface area contributed by atoms with Gasteiger partial charge in [0.25, 0.3) is 0 Å². The molecule has 6 heteroatoms. The molecule has 6 nitrogen and oxygen atoms in total. The number of pyridine rings is 1. The van der Waals surface area contributed by atoms with Crippen LogP contribution in [0.4, 0.5) is 4.79 Å². The van der Waals surface area contributed by atoms with E-state index in [4.69, 9.17) is 5.11 Å². The van der Waals surface area contributed by atoms with Gasteiger partial charge in [-0.15, -0.1) is 0 Å². The summed E-state index contributed by atoms with van der Waals surface area (Å²) in [6.45, 7) is 4.03. The number of carbonyl (C=O) groups excluding carboxylic acids is 1. The van der Waals surface area contributed by atoms with Gasteiger partial charge in [-0.1, -0.05) is 26.3 Å². The Morgan fingerprint density at radius 2 is 2.16 bits per heavy atom. The van der Waals surface area contributed by atoms with Crippen LogP contribution in [0.1, 0.15) is 26.0 Å². The van der Waals surface area contributed by atoms with Crippen LogP contribution in [0.2, 0.25) is 0 Å². The Morgan fingerprint density at radius 3 is 2.68 bits per heavy atom. The topological polar surface area (TPSA) is 91.3 Å². The van der Waals surface area contributed by atoms with Crippen molar-refractivity contribution in [1.29, 1.82) is 0 Å². The SMILES string of the molecule is CCC(C)C(NC(=O)O)C(=O)NCc1ccccn1. The second-order valence-corrected chi connectivity index (χ2v) is 4.35. The summed E-state index contributed by atoms with van der Waals surface area (Å²) in [6, 6.07) is 4.67. The molecule has 0 saturated carbocycles. The van der Waals surface area contributed by atoms with E-state index in [1.165, 1.54) is 0 Å². The second-order valence-electron chi connectivity index (χ2n) is 4.35. The Kier molecular flexibility index (Phi) is 5.78. The third-order valence-electron chi connectivity index (χ3n) is 2.94. The molecule has 0 aliphatic carbocycles. The molecule has 0 aromatic carbocycles. The van der Waals surface area contributed by atoms with Crippen LogP contribution in [0, 0.1) is 5.92 Å². The summed E-state index contributed by atoms with van der Waals surface area (Å²) >= 11 is 0. The number of amides is 2. The van der Waals surface area contributed by atoms with Gasteiger partial charge in [0.15, 0.2) is 0 Å². The van der Waals surface area contributed by atoms with Gasteiger partial charge in [0.1, 0.15) is 6.04 Å². The lowest BCUT2D eigenvalue weighted by atomic mass is 9.98. The molecule has 1 aromatic heterocycles. The number of aromatic nitrogens is 1. The summed E-state index contributed by atoms with van der Waals surface area (Å²) in [5.41, 5.74) is 0.731. The minimum absolute atomic E-state index is 0.0696. The van der Waals surface area contributed by atoms with Crippen molar-refractivity contribution in [2.75, 3.05) is 0 Å². The first-order valence-electron chi connectivity index (χ1n) is 6.21. The Bertz CT molecular complexity index is 422. The molecule has 1 heterocycles. The van der Waals surface area contributed by atoms with E-state index in [2.05, 4.69) is 15.6 Å². The number of carbonyl (C=O) groups is 2. The van der Waals surface area contributed by atoms with Crippen LogP contribution in [0.25, 0.3) is 0 Å². The Hall–Kier alpha value is -2.11. The number of hydrogen-bond donors (Lipinski definition) is 3. The van der Waals surface area contributed by atoms with E-state index in [1.54, 1.807) is 18.3 Å². The molecule has 104 valence electrons. The second kappa shape index (κ2) is 7.35. The minimum atomic E-state index is -1.20. The summed E-state index contributed by atoms with van der Waals surface area (Å²) in [4.78, 5) is 26.8. The van der Waals surface area contributed by atoms with Gasteiger partial charge in [0.2, 0.25) is 5.91 Å². The van der Waals surface area contributed by atoms with E-state index in [1.807, 2.05) is 19.9 Å². The zero-order valence-corrected chi connectivity index (χ0v) is 11.1. The van der Waals surface area contributed by atoms with Crippen LogP contribution < -0.4 is 10.6 Å². The molecular weight excluding hydrogens is 246 g/mol. The standard InChI is InChI=1S/C13H19N3O3/c1-3-9(2)11(16-13(18)19)12(17)15-8-10-6-4-5-7-14-10/h4-7,9,11,16H,3,8H2,1-2H3,(H,15,17)(H,18,19). The van der Waals surface area contributed by atoms with Crippen LogP contribution in [0.3, 0.4) is 0 Å². The predicted octanol–water partition coefficient (Wildman–Crippen LogP) is 1.38. The van der Waals surface area contributed by atoms with Crippen molar-refractivity contribution in [2.24, 2.45) is 5.92 Å². The van der Waals surface area contributed by atoms with Crippen LogP contribution >= 0.6 is 0 Å². The van der Waals surface area contributed by atoms with Crippen LogP contribution in [-0.2, 0) is 11.3 Å². The highest BCUT2D eigenvalue weighted by molar-refractivity contribution is 5.85. The van der Waals surface area contributed by atoms with Crippen LogP contribution in [-0.4, -0.2) is 28.1 Å². The van der Waals surface area contributed by atoms with E-state index in [0.29, 0.717) is 6.42 Å². The average Bonchev–Trinajstić information content (AvgIpc) is 2.42. The van der Waals surface area contributed by atoms with Crippen molar-refractivity contribution < 1.29 is 14.7 Å². The molecular formula is C13H19N3O3. The first-order chi connectivity index (χ1) is 9.04. The monoisotopic (exact) mass is 265 g/mol. The summed E-state index contributed by atoms with van der Waals surface area (Å²) in [5, 5.41) is 13.7. The number of rotatable bonds is 6. The predicted molar refractivity (Wildman–Crippen MR) is 70.5 cm³/mol.